The van der Waals surface area contributed by atoms with Crippen molar-refractivity contribution in [2.75, 3.05) is 5.73 Å². The zero-order valence-corrected chi connectivity index (χ0v) is 7.10. The number of hydrogen-bond donors (Lipinski definition) is 1. The molecule has 2 N–H and O–H groups in total. The lowest BCUT2D eigenvalue weighted by Crippen LogP contribution is -1.90. The van der Waals surface area contributed by atoms with E-state index in [2.05, 4.69) is 0 Å². The van der Waals surface area contributed by atoms with Crippen molar-refractivity contribution in [3.63, 3.8) is 0 Å². The maximum absolute atomic E-state index is 11.0. The van der Waals surface area contributed by atoms with Gasteiger partial charge in [0.2, 0.25) is 4.74 Å². The molecule has 0 atom stereocenters. The number of benzene rings is 1. The topological polar surface area (TPSA) is 43.1 Å². The third-order valence-corrected chi connectivity index (χ3v) is 2.57. The molecule has 0 aliphatic rings. The number of anilines is 1. The first kappa shape index (κ1) is 7.31. The van der Waals surface area contributed by atoms with Gasteiger partial charge in [-0.15, -0.1) is 0 Å². The maximum Gasteiger partial charge on any atom is 0.232 e. The molecule has 0 unspecified atom stereocenters. The predicted octanol–water partition coefficient (Wildman–Crippen LogP) is 1.84. The van der Waals surface area contributed by atoms with E-state index < -0.39 is 0 Å². The van der Waals surface area contributed by atoms with Gasteiger partial charge in [-0.2, -0.15) is 0 Å². The van der Waals surface area contributed by atoms with Gasteiger partial charge < -0.3 is 5.73 Å². The van der Waals surface area contributed by atoms with Gasteiger partial charge >= 0.3 is 0 Å². The van der Waals surface area contributed by atoms with Gasteiger partial charge in [-0.25, -0.2) is 0 Å². The van der Waals surface area contributed by atoms with E-state index in [0.717, 1.165) is 15.8 Å². The molecule has 0 fully saturated rings. The molecular formula is C9H7NOS. The third-order valence-electron chi connectivity index (χ3n) is 1.64. The van der Waals surface area contributed by atoms with Crippen LogP contribution in [0.25, 0.3) is 10.1 Å². The lowest BCUT2D eigenvalue weighted by atomic mass is 10.2. The van der Waals surface area contributed by atoms with Crippen LogP contribution in [-0.2, 0) is 0 Å². The summed E-state index contributed by atoms with van der Waals surface area (Å²) in [5, 5.41) is 1.03. The van der Waals surface area contributed by atoms with Gasteiger partial charge in [-0.1, -0.05) is 11.3 Å². The summed E-state index contributed by atoms with van der Waals surface area (Å²) < 4.78 is 1.06. The molecule has 2 rings (SSSR count). The summed E-state index contributed by atoms with van der Waals surface area (Å²) in [6, 6.07) is 8.90. The molecule has 1 aromatic heterocycles. The van der Waals surface area contributed by atoms with Gasteiger partial charge in [-0.05, 0) is 35.7 Å². The van der Waals surface area contributed by atoms with Crippen LogP contribution < -0.4 is 10.5 Å². The standard InChI is InChI=1S/C9H7NOS/c10-7-2-3-8-6(5-7)1-4-9(11)12-8/h1-5H,10H2. The highest BCUT2D eigenvalue weighted by Gasteiger charge is 1.94. The Morgan fingerprint density at radius 3 is 2.83 bits per heavy atom. The molecule has 2 nitrogen and oxygen atoms in total. The Balaban J connectivity index is 2.87. The van der Waals surface area contributed by atoms with Crippen molar-refractivity contribution >= 4 is 27.1 Å². The van der Waals surface area contributed by atoms with Gasteiger partial charge in [0.05, 0.1) is 0 Å². The van der Waals surface area contributed by atoms with Crippen molar-refractivity contribution in [3.05, 3.63) is 39.9 Å². The Hall–Kier alpha value is -1.35. The minimum absolute atomic E-state index is 0.0762. The molecule has 3 heteroatoms. The van der Waals surface area contributed by atoms with Gasteiger partial charge in [0.25, 0.3) is 0 Å². The number of nitrogens with two attached hydrogens (primary N) is 1. The smallest absolute Gasteiger partial charge is 0.232 e. The van der Waals surface area contributed by atoms with Crippen molar-refractivity contribution in [1.82, 2.24) is 0 Å². The molecule has 2 aromatic rings. The van der Waals surface area contributed by atoms with E-state index in [-0.39, 0.29) is 4.74 Å². The Labute approximate surface area is 73.3 Å². The van der Waals surface area contributed by atoms with Crippen LogP contribution in [0.4, 0.5) is 5.69 Å². The quantitative estimate of drug-likeness (QED) is 0.624. The summed E-state index contributed by atoms with van der Waals surface area (Å²) >= 11 is 1.24. The molecule has 1 heterocycles. The fourth-order valence-electron chi connectivity index (χ4n) is 1.09. The van der Waals surface area contributed by atoms with E-state index in [0.29, 0.717) is 0 Å². The van der Waals surface area contributed by atoms with Crippen molar-refractivity contribution in [1.29, 1.82) is 0 Å². The molecule has 0 aliphatic heterocycles. The lowest BCUT2D eigenvalue weighted by Gasteiger charge is -1.95. The molecule has 0 spiro atoms. The molecule has 0 radical (unpaired) electrons. The molecule has 0 saturated carbocycles. The van der Waals surface area contributed by atoms with Crippen molar-refractivity contribution < 1.29 is 0 Å². The van der Waals surface area contributed by atoms with Gasteiger partial charge in [-0.3, -0.25) is 4.79 Å². The second-order valence-corrected chi connectivity index (χ2v) is 3.60. The second kappa shape index (κ2) is 2.60. The molecule has 60 valence electrons. The van der Waals surface area contributed by atoms with Gasteiger partial charge in [0.1, 0.15) is 0 Å². The largest absolute Gasteiger partial charge is 0.399 e. The first-order chi connectivity index (χ1) is 5.75. The van der Waals surface area contributed by atoms with Crippen molar-refractivity contribution in [2.45, 2.75) is 0 Å². The number of fused-ring (bicyclic) bond motifs is 1. The molecule has 12 heavy (non-hydrogen) atoms. The normalized spacial score (nSPS) is 10.3. The summed E-state index contributed by atoms with van der Waals surface area (Å²) in [7, 11) is 0. The van der Waals surface area contributed by atoms with Crippen LogP contribution in [0.15, 0.2) is 35.1 Å². The predicted molar refractivity (Wildman–Crippen MR) is 52.5 cm³/mol. The third kappa shape index (κ3) is 1.19. The lowest BCUT2D eigenvalue weighted by molar-refractivity contribution is 1.75. The zero-order chi connectivity index (χ0) is 8.55. The Kier molecular flexibility index (Phi) is 1.59. The summed E-state index contributed by atoms with van der Waals surface area (Å²) in [6.07, 6.45) is 0. The summed E-state index contributed by atoms with van der Waals surface area (Å²) in [5.41, 5.74) is 6.32. The van der Waals surface area contributed by atoms with E-state index in [9.17, 15) is 4.79 Å². The Morgan fingerprint density at radius 1 is 1.17 bits per heavy atom. The average Bonchev–Trinajstić information content (AvgIpc) is 2.05. The Morgan fingerprint density at radius 2 is 2.00 bits per heavy atom. The summed E-state index contributed by atoms with van der Waals surface area (Å²) in [6.45, 7) is 0. The molecular weight excluding hydrogens is 170 g/mol. The fraction of sp³-hybridized carbons (Fsp3) is 0. The monoisotopic (exact) mass is 177 g/mol. The SMILES string of the molecule is Nc1ccc2sc(=O)ccc2c1. The van der Waals surface area contributed by atoms with Crippen LogP contribution in [0.1, 0.15) is 0 Å². The van der Waals surface area contributed by atoms with Crippen LogP contribution in [0, 0.1) is 0 Å². The maximum atomic E-state index is 11.0. The molecule has 0 amide bonds. The first-order valence-corrected chi connectivity index (χ1v) is 4.37. The van der Waals surface area contributed by atoms with Crippen molar-refractivity contribution in [3.8, 4) is 0 Å². The molecule has 0 bridgehead atoms. The Bertz CT molecular complexity index is 475. The van der Waals surface area contributed by atoms with E-state index >= 15 is 0 Å². The summed E-state index contributed by atoms with van der Waals surface area (Å²) in [5.74, 6) is 0. The van der Waals surface area contributed by atoms with E-state index in [1.165, 1.54) is 11.3 Å². The average molecular weight is 177 g/mol. The highest BCUT2D eigenvalue weighted by atomic mass is 32.1. The fourth-order valence-corrected chi connectivity index (χ4v) is 1.82. The summed E-state index contributed by atoms with van der Waals surface area (Å²) in [4.78, 5) is 11.0. The second-order valence-electron chi connectivity index (χ2n) is 2.55. The molecule has 0 saturated heterocycles. The van der Waals surface area contributed by atoms with Crippen LogP contribution in [-0.4, -0.2) is 0 Å². The van der Waals surface area contributed by atoms with E-state index in [4.69, 9.17) is 5.73 Å². The minimum Gasteiger partial charge on any atom is -0.399 e. The highest BCUT2D eigenvalue weighted by molar-refractivity contribution is 7.16. The van der Waals surface area contributed by atoms with Crippen molar-refractivity contribution in [2.24, 2.45) is 0 Å². The van der Waals surface area contributed by atoms with Crippen LogP contribution >= 0.6 is 11.3 Å². The van der Waals surface area contributed by atoms with Crippen LogP contribution in [0.2, 0.25) is 0 Å². The zero-order valence-electron chi connectivity index (χ0n) is 6.28. The minimum atomic E-state index is 0.0762. The number of hydrogen-bond acceptors (Lipinski definition) is 3. The van der Waals surface area contributed by atoms with Crippen LogP contribution in [0.5, 0.6) is 0 Å². The van der Waals surface area contributed by atoms with Gasteiger partial charge in [0, 0.05) is 10.4 Å². The van der Waals surface area contributed by atoms with E-state index in [1.54, 1.807) is 18.2 Å². The van der Waals surface area contributed by atoms with E-state index in [1.807, 2.05) is 12.1 Å². The number of rotatable bonds is 0. The van der Waals surface area contributed by atoms with Crippen LogP contribution in [0.3, 0.4) is 0 Å². The highest BCUT2D eigenvalue weighted by Crippen LogP contribution is 2.17. The number of nitrogen functional groups attached to an aromatic ring is 1. The van der Waals surface area contributed by atoms with Gasteiger partial charge in [0.15, 0.2) is 0 Å². The first-order valence-electron chi connectivity index (χ1n) is 3.55. The molecule has 0 aliphatic carbocycles. The molecule has 1 aromatic carbocycles.